The fraction of sp³-hybridized carbons (Fsp3) is 0.500. The summed E-state index contributed by atoms with van der Waals surface area (Å²) in [5, 5.41) is 16.4. The second-order valence-corrected chi connectivity index (χ2v) is 6.49. The third kappa shape index (κ3) is 2.46. The van der Waals surface area contributed by atoms with Crippen LogP contribution in [-0.4, -0.2) is 33.2 Å². The van der Waals surface area contributed by atoms with E-state index in [2.05, 4.69) is 15.5 Å². The minimum absolute atomic E-state index is 0.0867. The summed E-state index contributed by atoms with van der Waals surface area (Å²) in [5.41, 5.74) is 2.43. The number of pyridine rings is 1. The molecule has 7 nitrogen and oxygen atoms in total. The highest BCUT2D eigenvalue weighted by molar-refractivity contribution is 6.06. The second kappa shape index (κ2) is 5.04. The number of fused-ring (bicyclic) bond motifs is 1. The number of amides is 1. The maximum absolute atomic E-state index is 12.6. The molecule has 2 aliphatic rings. The number of aromatic nitrogens is 2. The van der Waals surface area contributed by atoms with Crippen molar-refractivity contribution < 1.29 is 19.2 Å². The maximum atomic E-state index is 12.6. The smallest absolute Gasteiger partial charge is 0.306 e. The summed E-state index contributed by atoms with van der Waals surface area (Å²) in [6.07, 6.45) is 3.12. The van der Waals surface area contributed by atoms with E-state index in [1.54, 1.807) is 6.92 Å². The molecule has 1 amide bonds. The van der Waals surface area contributed by atoms with E-state index in [0.717, 1.165) is 18.5 Å². The first-order chi connectivity index (χ1) is 11.0. The monoisotopic (exact) mass is 315 g/mol. The maximum Gasteiger partial charge on any atom is 0.306 e. The van der Waals surface area contributed by atoms with Gasteiger partial charge < -0.3 is 14.9 Å². The Morgan fingerprint density at radius 3 is 2.74 bits per heavy atom. The molecule has 7 heteroatoms. The molecule has 4 rings (SSSR count). The lowest BCUT2D eigenvalue weighted by molar-refractivity contribution is -0.145. The van der Waals surface area contributed by atoms with Gasteiger partial charge in [-0.05, 0) is 38.7 Å². The van der Waals surface area contributed by atoms with E-state index in [1.807, 2.05) is 6.07 Å². The van der Waals surface area contributed by atoms with Crippen molar-refractivity contribution >= 4 is 23.0 Å². The quantitative estimate of drug-likeness (QED) is 0.894. The third-order valence-corrected chi connectivity index (χ3v) is 4.70. The Morgan fingerprint density at radius 1 is 1.35 bits per heavy atom. The van der Waals surface area contributed by atoms with Gasteiger partial charge in [0.15, 0.2) is 0 Å². The summed E-state index contributed by atoms with van der Waals surface area (Å²) in [6, 6.07) is 1.74. The number of rotatable bonds is 4. The largest absolute Gasteiger partial charge is 0.481 e. The molecule has 0 bridgehead atoms. The van der Waals surface area contributed by atoms with Gasteiger partial charge in [-0.15, -0.1) is 0 Å². The molecule has 120 valence electrons. The van der Waals surface area contributed by atoms with Crippen LogP contribution in [0.3, 0.4) is 0 Å². The highest BCUT2D eigenvalue weighted by Gasteiger charge is 2.36. The van der Waals surface area contributed by atoms with Crippen LogP contribution in [0.25, 0.3) is 11.1 Å². The minimum atomic E-state index is -0.798. The van der Waals surface area contributed by atoms with Crippen molar-refractivity contribution in [3.8, 4) is 0 Å². The third-order valence-electron chi connectivity index (χ3n) is 4.70. The first-order valence-electron chi connectivity index (χ1n) is 7.83. The number of carbonyl (C=O) groups excluding carboxylic acids is 1. The number of carboxylic acids is 1. The SMILES string of the molecule is Cc1noc2nc(C3CC3)cc(C(=O)NC3CC(C(=O)O)C3)c12. The van der Waals surface area contributed by atoms with Gasteiger partial charge in [-0.3, -0.25) is 9.59 Å². The van der Waals surface area contributed by atoms with Gasteiger partial charge >= 0.3 is 5.97 Å². The fourth-order valence-corrected chi connectivity index (χ4v) is 3.08. The molecule has 2 heterocycles. The fourth-order valence-electron chi connectivity index (χ4n) is 3.08. The van der Waals surface area contributed by atoms with Gasteiger partial charge in [0.2, 0.25) is 0 Å². The zero-order valence-electron chi connectivity index (χ0n) is 12.7. The van der Waals surface area contributed by atoms with Crippen molar-refractivity contribution in [3.05, 3.63) is 23.0 Å². The van der Waals surface area contributed by atoms with Crippen LogP contribution < -0.4 is 5.32 Å². The molecule has 2 aliphatic carbocycles. The van der Waals surface area contributed by atoms with E-state index < -0.39 is 5.97 Å². The van der Waals surface area contributed by atoms with Crippen LogP contribution >= 0.6 is 0 Å². The summed E-state index contributed by atoms with van der Waals surface area (Å²) in [5.74, 6) is -0.958. The summed E-state index contributed by atoms with van der Waals surface area (Å²) < 4.78 is 5.23. The average Bonchev–Trinajstić information content (AvgIpc) is 3.25. The molecule has 0 aliphatic heterocycles. The number of nitrogens with one attached hydrogen (secondary N) is 1. The number of aliphatic carboxylic acids is 1. The number of hydrogen-bond acceptors (Lipinski definition) is 5. The summed E-state index contributed by atoms with van der Waals surface area (Å²) in [4.78, 5) is 27.9. The van der Waals surface area contributed by atoms with Crippen molar-refractivity contribution in [2.75, 3.05) is 0 Å². The zero-order valence-corrected chi connectivity index (χ0v) is 12.7. The first kappa shape index (κ1) is 14.2. The van der Waals surface area contributed by atoms with Gasteiger partial charge in [0.05, 0.1) is 22.6 Å². The minimum Gasteiger partial charge on any atom is -0.481 e. The lowest BCUT2D eigenvalue weighted by Crippen LogP contribution is -2.46. The van der Waals surface area contributed by atoms with Gasteiger partial charge in [-0.1, -0.05) is 5.16 Å². The lowest BCUT2D eigenvalue weighted by atomic mass is 9.80. The van der Waals surface area contributed by atoms with Gasteiger partial charge in [-0.25, -0.2) is 4.98 Å². The van der Waals surface area contributed by atoms with Crippen molar-refractivity contribution in [2.45, 2.75) is 44.6 Å². The Labute approximate surface area is 132 Å². The zero-order chi connectivity index (χ0) is 16.1. The predicted molar refractivity (Wildman–Crippen MR) is 80.1 cm³/mol. The van der Waals surface area contributed by atoms with Crippen LogP contribution in [0.4, 0.5) is 0 Å². The number of carbonyl (C=O) groups is 2. The molecule has 0 saturated heterocycles. The highest BCUT2D eigenvalue weighted by Crippen LogP contribution is 2.40. The lowest BCUT2D eigenvalue weighted by Gasteiger charge is -2.32. The van der Waals surface area contributed by atoms with E-state index in [0.29, 0.717) is 41.1 Å². The van der Waals surface area contributed by atoms with Gasteiger partial charge in [-0.2, -0.15) is 0 Å². The van der Waals surface area contributed by atoms with Crippen LogP contribution in [0.5, 0.6) is 0 Å². The van der Waals surface area contributed by atoms with Gasteiger partial charge in [0.1, 0.15) is 0 Å². The van der Waals surface area contributed by atoms with E-state index >= 15 is 0 Å². The van der Waals surface area contributed by atoms with Crippen LogP contribution in [0.2, 0.25) is 0 Å². The van der Waals surface area contributed by atoms with Crippen LogP contribution in [-0.2, 0) is 4.79 Å². The van der Waals surface area contributed by atoms with Crippen LogP contribution in [0.15, 0.2) is 10.6 Å². The Morgan fingerprint density at radius 2 is 2.09 bits per heavy atom. The van der Waals surface area contributed by atoms with Crippen LogP contribution in [0, 0.1) is 12.8 Å². The molecule has 0 aromatic carbocycles. The number of carboxylic acid groups (broad SMARTS) is 1. The van der Waals surface area contributed by atoms with Crippen molar-refractivity contribution in [1.29, 1.82) is 0 Å². The molecule has 2 saturated carbocycles. The molecule has 0 unspecified atom stereocenters. The van der Waals surface area contributed by atoms with Crippen LogP contribution in [0.1, 0.15) is 53.3 Å². The molecule has 0 spiro atoms. The standard InChI is InChI=1S/C16H17N3O4/c1-7-13-11(14(20)17-10-4-9(5-10)16(21)22)6-12(8-2-3-8)18-15(13)23-19-7/h6,8-10H,2-5H2,1H3,(H,17,20)(H,21,22). The number of hydrogen-bond donors (Lipinski definition) is 2. The predicted octanol–water partition coefficient (Wildman–Crippen LogP) is 2.00. The Kier molecular flexibility index (Phi) is 3.11. The molecule has 0 radical (unpaired) electrons. The Hall–Kier alpha value is -2.44. The molecule has 0 atom stereocenters. The summed E-state index contributed by atoms with van der Waals surface area (Å²) in [7, 11) is 0. The van der Waals surface area contributed by atoms with Crippen molar-refractivity contribution in [3.63, 3.8) is 0 Å². The van der Waals surface area contributed by atoms with Gasteiger partial charge in [0, 0.05) is 17.7 Å². The summed E-state index contributed by atoms with van der Waals surface area (Å²) >= 11 is 0. The number of aryl methyl sites for hydroxylation is 1. The average molecular weight is 315 g/mol. The topological polar surface area (TPSA) is 105 Å². The first-order valence-corrected chi connectivity index (χ1v) is 7.83. The molecule has 23 heavy (non-hydrogen) atoms. The molecular weight excluding hydrogens is 298 g/mol. The van der Waals surface area contributed by atoms with E-state index in [-0.39, 0.29) is 17.9 Å². The van der Waals surface area contributed by atoms with E-state index in [4.69, 9.17) is 9.63 Å². The second-order valence-electron chi connectivity index (χ2n) is 6.49. The normalized spacial score (nSPS) is 23.5. The van der Waals surface area contributed by atoms with Crippen molar-refractivity contribution in [1.82, 2.24) is 15.5 Å². The summed E-state index contributed by atoms with van der Waals surface area (Å²) in [6.45, 7) is 1.78. The molecule has 2 N–H and O–H groups in total. The van der Waals surface area contributed by atoms with E-state index in [9.17, 15) is 9.59 Å². The molecule has 2 aromatic rings. The molecule has 2 fully saturated rings. The Balaban J connectivity index is 1.61. The molecule has 2 aromatic heterocycles. The number of nitrogens with zero attached hydrogens (tertiary/aromatic N) is 2. The Bertz CT molecular complexity index is 803. The van der Waals surface area contributed by atoms with Gasteiger partial charge in [0.25, 0.3) is 11.6 Å². The van der Waals surface area contributed by atoms with Crippen molar-refractivity contribution in [2.24, 2.45) is 5.92 Å². The highest BCUT2D eigenvalue weighted by atomic mass is 16.5. The van der Waals surface area contributed by atoms with E-state index in [1.165, 1.54) is 0 Å². The molecular formula is C16H17N3O4.